The van der Waals surface area contributed by atoms with Crippen molar-refractivity contribution in [3.63, 3.8) is 0 Å². The highest BCUT2D eigenvalue weighted by Crippen LogP contribution is 2.20. The summed E-state index contributed by atoms with van der Waals surface area (Å²) in [5, 5.41) is 2.42. The van der Waals surface area contributed by atoms with Crippen LogP contribution in [-0.4, -0.2) is 23.8 Å². The second-order valence-electron chi connectivity index (χ2n) is 5.27. The van der Waals surface area contributed by atoms with Crippen molar-refractivity contribution < 1.29 is 23.5 Å². The Morgan fingerprint density at radius 2 is 1.84 bits per heavy atom. The van der Waals surface area contributed by atoms with E-state index in [9.17, 15) is 18.8 Å². The van der Waals surface area contributed by atoms with Gasteiger partial charge in [0.15, 0.2) is 11.9 Å². The van der Waals surface area contributed by atoms with Gasteiger partial charge in [-0.2, -0.15) is 0 Å². The molecule has 2 rings (SSSR count). The summed E-state index contributed by atoms with van der Waals surface area (Å²) in [6.45, 7) is 2.75. The molecule has 0 saturated carbocycles. The molecule has 0 fully saturated rings. The maximum atomic E-state index is 13.7. The molecular weight excluding hydrogens is 349 g/mol. The summed E-state index contributed by atoms with van der Waals surface area (Å²) in [6.07, 6.45) is -1.19. The number of hydrogen-bond acceptors (Lipinski definition) is 4. The second kappa shape index (κ2) is 7.90. The van der Waals surface area contributed by atoms with Crippen LogP contribution in [0, 0.1) is 5.82 Å². The van der Waals surface area contributed by atoms with Crippen LogP contribution in [-0.2, 0) is 9.53 Å². The Bertz CT molecular complexity index is 817. The number of esters is 1. The zero-order valence-electron chi connectivity index (χ0n) is 13.5. The maximum Gasteiger partial charge on any atom is 0.343 e. The molecule has 5 nitrogen and oxygen atoms in total. The van der Waals surface area contributed by atoms with E-state index < -0.39 is 29.4 Å². The zero-order chi connectivity index (χ0) is 18.6. The smallest absolute Gasteiger partial charge is 0.343 e. The van der Waals surface area contributed by atoms with Crippen molar-refractivity contribution in [2.75, 3.05) is 5.32 Å². The van der Waals surface area contributed by atoms with Crippen LogP contribution in [0.25, 0.3) is 0 Å². The van der Waals surface area contributed by atoms with Gasteiger partial charge in [-0.25, -0.2) is 9.18 Å². The number of benzene rings is 2. The van der Waals surface area contributed by atoms with E-state index in [1.165, 1.54) is 32.0 Å². The van der Waals surface area contributed by atoms with Gasteiger partial charge in [0.25, 0.3) is 5.91 Å². The van der Waals surface area contributed by atoms with E-state index in [0.29, 0.717) is 11.3 Å². The quantitative estimate of drug-likeness (QED) is 0.646. The Balaban J connectivity index is 2.06. The van der Waals surface area contributed by atoms with Crippen LogP contribution in [0.3, 0.4) is 0 Å². The molecule has 0 aliphatic heterocycles. The molecule has 0 unspecified atom stereocenters. The first-order chi connectivity index (χ1) is 11.8. The lowest BCUT2D eigenvalue weighted by Crippen LogP contribution is -2.30. The summed E-state index contributed by atoms with van der Waals surface area (Å²) in [5.74, 6) is -2.64. The molecule has 0 heterocycles. The normalized spacial score (nSPS) is 11.5. The molecule has 2 aromatic rings. The molecule has 130 valence electrons. The van der Waals surface area contributed by atoms with Crippen LogP contribution >= 0.6 is 11.6 Å². The Hall–Kier alpha value is -2.73. The van der Waals surface area contributed by atoms with Crippen molar-refractivity contribution in [2.45, 2.75) is 20.0 Å². The molecule has 0 aliphatic carbocycles. The average Bonchev–Trinajstić information content (AvgIpc) is 2.54. The predicted molar refractivity (Wildman–Crippen MR) is 91.4 cm³/mol. The number of hydrogen-bond donors (Lipinski definition) is 1. The summed E-state index contributed by atoms with van der Waals surface area (Å²) in [5.41, 5.74) is 0.382. The molecule has 1 amide bonds. The molecule has 0 aromatic heterocycles. The van der Waals surface area contributed by atoms with Gasteiger partial charge in [-0.1, -0.05) is 29.8 Å². The van der Waals surface area contributed by atoms with Gasteiger partial charge >= 0.3 is 5.97 Å². The predicted octanol–water partition coefficient (Wildman–Crippen LogP) is 3.87. The third-order valence-electron chi connectivity index (χ3n) is 3.36. The van der Waals surface area contributed by atoms with Gasteiger partial charge < -0.3 is 10.1 Å². The van der Waals surface area contributed by atoms with Gasteiger partial charge in [0.1, 0.15) is 11.4 Å². The zero-order valence-corrected chi connectivity index (χ0v) is 14.3. The van der Waals surface area contributed by atoms with Gasteiger partial charge in [0, 0.05) is 11.3 Å². The first-order valence-electron chi connectivity index (χ1n) is 7.36. The van der Waals surface area contributed by atoms with E-state index in [1.54, 1.807) is 18.2 Å². The third kappa shape index (κ3) is 4.64. The molecule has 25 heavy (non-hydrogen) atoms. The van der Waals surface area contributed by atoms with E-state index in [1.807, 2.05) is 0 Å². The Morgan fingerprint density at radius 1 is 1.16 bits per heavy atom. The highest BCUT2D eigenvalue weighted by molar-refractivity contribution is 6.33. The maximum absolute atomic E-state index is 13.7. The van der Waals surface area contributed by atoms with Crippen molar-refractivity contribution >= 4 is 34.9 Å². The third-order valence-corrected chi connectivity index (χ3v) is 3.67. The van der Waals surface area contributed by atoms with Crippen LogP contribution in [0.4, 0.5) is 10.1 Å². The minimum atomic E-state index is -1.19. The number of rotatable bonds is 5. The van der Waals surface area contributed by atoms with E-state index in [2.05, 4.69) is 5.32 Å². The minimum Gasteiger partial charge on any atom is -0.449 e. The topological polar surface area (TPSA) is 72.5 Å². The number of halogens is 2. The molecule has 0 radical (unpaired) electrons. The van der Waals surface area contributed by atoms with Gasteiger partial charge in [-0.3, -0.25) is 9.59 Å². The largest absolute Gasteiger partial charge is 0.449 e. The van der Waals surface area contributed by atoms with Gasteiger partial charge in [-0.05, 0) is 38.1 Å². The minimum absolute atomic E-state index is 0.105. The van der Waals surface area contributed by atoms with Crippen molar-refractivity contribution in [1.29, 1.82) is 0 Å². The number of Topliss-reactive ketones (excluding diaryl/α,β-unsaturated/α-hetero) is 1. The number of ether oxygens (including phenoxy) is 1. The van der Waals surface area contributed by atoms with Crippen LogP contribution in [0.5, 0.6) is 0 Å². The Labute approximate surface area is 148 Å². The van der Waals surface area contributed by atoms with Gasteiger partial charge in [-0.15, -0.1) is 0 Å². The number of nitrogens with one attached hydrogen (secondary N) is 1. The fraction of sp³-hybridized carbons (Fsp3) is 0.167. The van der Waals surface area contributed by atoms with Crippen LogP contribution < -0.4 is 5.32 Å². The molecule has 0 aliphatic rings. The number of anilines is 1. The van der Waals surface area contributed by atoms with Crippen LogP contribution in [0.1, 0.15) is 34.6 Å². The van der Waals surface area contributed by atoms with E-state index in [4.69, 9.17) is 16.3 Å². The van der Waals surface area contributed by atoms with Crippen LogP contribution in [0.15, 0.2) is 42.5 Å². The standard InChI is InChI=1S/C18H15ClFNO4/c1-10(22)12-5-3-6-13(9-12)21-17(23)11(2)25-18(24)16-14(19)7-4-8-15(16)20/h3-9,11H,1-2H3,(H,21,23)/t11-/m0/s1. The number of carbonyl (C=O) groups is 3. The fourth-order valence-corrected chi connectivity index (χ4v) is 2.27. The number of ketones is 1. The first-order valence-corrected chi connectivity index (χ1v) is 7.74. The van der Waals surface area contributed by atoms with Crippen LogP contribution in [0.2, 0.25) is 5.02 Å². The highest BCUT2D eigenvalue weighted by atomic mass is 35.5. The van der Waals surface area contributed by atoms with Gasteiger partial charge in [0.2, 0.25) is 0 Å². The lowest BCUT2D eigenvalue weighted by atomic mass is 10.1. The monoisotopic (exact) mass is 363 g/mol. The lowest BCUT2D eigenvalue weighted by molar-refractivity contribution is -0.123. The lowest BCUT2D eigenvalue weighted by Gasteiger charge is -2.14. The van der Waals surface area contributed by atoms with Crippen molar-refractivity contribution in [1.82, 2.24) is 0 Å². The molecule has 2 aromatic carbocycles. The highest BCUT2D eigenvalue weighted by Gasteiger charge is 2.23. The summed E-state index contributed by atoms with van der Waals surface area (Å²) in [7, 11) is 0. The van der Waals surface area contributed by atoms with Crippen molar-refractivity contribution in [3.8, 4) is 0 Å². The molecule has 0 bridgehead atoms. The molecule has 7 heteroatoms. The van der Waals surface area contributed by atoms with E-state index in [-0.39, 0.29) is 10.8 Å². The Morgan fingerprint density at radius 3 is 2.48 bits per heavy atom. The summed E-state index contributed by atoms with van der Waals surface area (Å²) < 4.78 is 18.7. The fourth-order valence-electron chi connectivity index (χ4n) is 2.03. The summed E-state index contributed by atoms with van der Waals surface area (Å²) in [6, 6.07) is 10.1. The van der Waals surface area contributed by atoms with Crippen molar-refractivity contribution in [2.24, 2.45) is 0 Å². The second-order valence-corrected chi connectivity index (χ2v) is 5.68. The van der Waals surface area contributed by atoms with E-state index >= 15 is 0 Å². The summed E-state index contributed by atoms with van der Waals surface area (Å²) >= 11 is 5.79. The van der Waals surface area contributed by atoms with Gasteiger partial charge in [0.05, 0.1) is 5.02 Å². The summed E-state index contributed by atoms with van der Waals surface area (Å²) in [4.78, 5) is 35.5. The average molecular weight is 364 g/mol. The molecular formula is C18H15ClFNO4. The molecule has 0 spiro atoms. The number of carbonyl (C=O) groups excluding carboxylic acids is 3. The van der Waals surface area contributed by atoms with E-state index in [0.717, 1.165) is 6.07 Å². The van der Waals surface area contributed by atoms with Crippen molar-refractivity contribution in [3.05, 3.63) is 64.4 Å². The Kier molecular flexibility index (Phi) is 5.88. The SMILES string of the molecule is CC(=O)c1cccc(NC(=O)[C@H](C)OC(=O)c2c(F)cccc2Cl)c1. The first kappa shape index (κ1) is 18.6. The molecule has 0 saturated heterocycles. The molecule has 1 atom stereocenters. The molecule has 1 N–H and O–H groups in total. The number of amides is 1.